The molecule has 7 heteroatoms. The van der Waals surface area contributed by atoms with Crippen LogP contribution in [0.25, 0.3) is 0 Å². The number of benzene rings is 1. The van der Waals surface area contributed by atoms with Crippen LogP contribution < -0.4 is 5.32 Å². The first kappa shape index (κ1) is 20.4. The van der Waals surface area contributed by atoms with Gasteiger partial charge >= 0.3 is 11.9 Å². The third-order valence-corrected chi connectivity index (χ3v) is 3.51. The van der Waals surface area contributed by atoms with E-state index in [1.54, 1.807) is 58.3 Å². The smallest absolute Gasteiger partial charge is 0.325 e. The van der Waals surface area contributed by atoms with E-state index in [4.69, 9.17) is 9.47 Å². The molecule has 0 amide bonds. The largest absolute Gasteiger partial charge is 0.462 e. The summed E-state index contributed by atoms with van der Waals surface area (Å²) in [5, 5.41) is 3.06. The molecule has 0 bridgehead atoms. The van der Waals surface area contributed by atoms with Gasteiger partial charge in [-0.25, -0.2) is 9.97 Å². The van der Waals surface area contributed by atoms with Crippen molar-refractivity contribution in [2.24, 2.45) is 0 Å². The molecule has 27 heavy (non-hydrogen) atoms. The van der Waals surface area contributed by atoms with Crippen LogP contribution in [0.2, 0.25) is 0 Å². The molecule has 0 aliphatic rings. The maximum Gasteiger partial charge on any atom is 0.325 e. The van der Waals surface area contributed by atoms with Gasteiger partial charge in [0, 0.05) is 23.6 Å². The third-order valence-electron chi connectivity index (χ3n) is 3.51. The van der Waals surface area contributed by atoms with E-state index in [2.05, 4.69) is 15.3 Å². The van der Waals surface area contributed by atoms with E-state index in [-0.39, 0.29) is 12.2 Å². The normalized spacial score (nSPS) is 11.0. The number of nitrogens with one attached hydrogen (secondary N) is 1. The average molecular weight is 371 g/mol. The lowest BCUT2D eigenvalue weighted by molar-refractivity contribution is -0.161. The Kier molecular flexibility index (Phi) is 6.87. The Morgan fingerprint density at radius 1 is 0.963 bits per heavy atom. The number of ether oxygens (including phenoxy) is 2. The van der Waals surface area contributed by atoms with Gasteiger partial charge in [-0.2, -0.15) is 0 Å². The van der Waals surface area contributed by atoms with Gasteiger partial charge < -0.3 is 14.8 Å². The molecule has 0 spiro atoms. The van der Waals surface area contributed by atoms with Crippen LogP contribution in [0.3, 0.4) is 0 Å². The first-order valence-corrected chi connectivity index (χ1v) is 8.83. The summed E-state index contributed by atoms with van der Waals surface area (Å²) in [6, 6.07) is 7.11. The zero-order chi connectivity index (χ0) is 20.0. The van der Waals surface area contributed by atoms with Crippen LogP contribution in [0.15, 0.2) is 36.7 Å². The molecule has 1 heterocycles. The maximum absolute atomic E-state index is 12.7. The van der Waals surface area contributed by atoms with Gasteiger partial charge in [-0.05, 0) is 46.8 Å². The Labute approximate surface area is 159 Å². The Balaban J connectivity index is 2.47. The van der Waals surface area contributed by atoms with Crippen molar-refractivity contribution in [3.63, 3.8) is 0 Å². The van der Waals surface area contributed by atoms with E-state index in [0.717, 1.165) is 5.56 Å². The maximum atomic E-state index is 12.7. The summed E-state index contributed by atoms with van der Waals surface area (Å²) < 4.78 is 10.6. The number of rotatable bonds is 7. The summed E-state index contributed by atoms with van der Waals surface area (Å²) in [6.45, 7) is 8.81. The molecule has 0 fully saturated rings. The lowest BCUT2D eigenvalue weighted by Gasteiger charge is -2.21. The zero-order valence-electron chi connectivity index (χ0n) is 16.2. The summed E-state index contributed by atoms with van der Waals surface area (Å²) in [5.41, 5.74) is 1.89. The Morgan fingerprint density at radius 3 is 2.04 bits per heavy atom. The number of esters is 2. The SMILES string of the molecule is Cc1ccc(Nc2ncccn2)c(C(C(=O)OC(C)C)C(=O)OC(C)C)c1. The minimum absolute atomic E-state index is 0.356. The van der Waals surface area contributed by atoms with Crippen molar-refractivity contribution in [3.05, 3.63) is 47.8 Å². The van der Waals surface area contributed by atoms with E-state index >= 15 is 0 Å². The summed E-state index contributed by atoms with van der Waals surface area (Å²) in [5.74, 6) is -2.16. The molecule has 0 aliphatic carbocycles. The highest BCUT2D eigenvalue weighted by atomic mass is 16.6. The molecule has 0 saturated carbocycles. The fourth-order valence-electron chi connectivity index (χ4n) is 2.47. The van der Waals surface area contributed by atoms with Gasteiger partial charge in [0.1, 0.15) is 0 Å². The van der Waals surface area contributed by atoms with Gasteiger partial charge in [-0.1, -0.05) is 17.7 Å². The van der Waals surface area contributed by atoms with Crippen molar-refractivity contribution in [2.45, 2.75) is 52.7 Å². The van der Waals surface area contributed by atoms with E-state index in [1.165, 1.54) is 0 Å². The molecule has 0 unspecified atom stereocenters. The lowest BCUT2D eigenvalue weighted by Crippen LogP contribution is -2.30. The van der Waals surface area contributed by atoms with Crippen molar-refractivity contribution < 1.29 is 19.1 Å². The van der Waals surface area contributed by atoms with Gasteiger partial charge in [-0.15, -0.1) is 0 Å². The van der Waals surface area contributed by atoms with Crippen LogP contribution in [0.5, 0.6) is 0 Å². The molecular weight excluding hydrogens is 346 g/mol. The molecule has 2 rings (SSSR count). The number of hydrogen-bond acceptors (Lipinski definition) is 7. The van der Waals surface area contributed by atoms with E-state index in [9.17, 15) is 9.59 Å². The number of aryl methyl sites for hydroxylation is 1. The van der Waals surface area contributed by atoms with Crippen LogP contribution in [0, 0.1) is 6.92 Å². The highest BCUT2D eigenvalue weighted by Crippen LogP contribution is 2.30. The highest BCUT2D eigenvalue weighted by molar-refractivity contribution is 6.02. The monoisotopic (exact) mass is 371 g/mol. The predicted octanol–water partition coefficient (Wildman–Crippen LogP) is 3.52. The fraction of sp³-hybridized carbons (Fsp3) is 0.400. The van der Waals surface area contributed by atoms with Crippen LogP contribution in [0.4, 0.5) is 11.6 Å². The minimum Gasteiger partial charge on any atom is -0.462 e. The molecule has 1 N–H and O–H groups in total. The van der Waals surface area contributed by atoms with Gasteiger partial charge in [0.25, 0.3) is 0 Å². The van der Waals surface area contributed by atoms with E-state index in [0.29, 0.717) is 17.2 Å². The highest BCUT2D eigenvalue weighted by Gasteiger charge is 2.35. The summed E-state index contributed by atoms with van der Waals surface area (Å²) in [6.07, 6.45) is 2.48. The lowest BCUT2D eigenvalue weighted by atomic mass is 9.95. The average Bonchev–Trinajstić information content (AvgIpc) is 2.57. The summed E-state index contributed by atoms with van der Waals surface area (Å²) in [7, 11) is 0. The van der Waals surface area contributed by atoms with E-state index < -0.39 is 17.9 Å². The molecule has 1 aromatic carbocycles. The van der Waals surface area contributed by atoms with Crippen LogP contribution in [-0.4, -0.2) is 34.1 Å². The minimum atomic E-state index is -1.21. The number of hydrogen-bond donors (Lipinski definition) is 1. The number of carbonyl (C=O) groups excluding carboxylic acids is 2. The Hall–Kier alpha value is -2.96. The standard InChI is InChI=1S/C20H25N3O4/c1-12(2)26-18(24)17(19(25)27-13(3)4)15-11-14(5)7-8-16(15)23-20-21-9-6-10-22-20/h6-13,17H,1-5H3,(H,21,22,23). The molecule has 0 saturated heterocycles. The molecule has 2 aromatic rings. The van der Waals surface area contributed by atoms with E-state index in [1.807, 2.05) is 13.0 Å². The van der Waals surface area contributed by atoms with Gasteiger partial charge in [0.2, 0.25) is 5.95 Å². The Morgan fingerprint density at radius 2 is 1.52 bits per heavy atom. The summed E-state index contributed by atoms with van der Waals surface area (Å²) in [4.78, 5) is 33.7. The van der Waals surface area contributed by atoms with Crippen LogP contribution in [-0.2, 0) is 19.1 Å². The van der Waals surface area contributed by atoms with Crippen molar-refractivity contribution in [3.8, 4) is 0 Å². The molecule has 0 radical (unpaired) electrons. The molecule has 0 atom stereocenters. The molecule has 7 nitrogen and oxygen atoms in total. The van der Waals surface area contributed by atoms with Crippen molar-refractivity contribution in [1.29, 1.82) is 0 Å². The molecular formula is C20H25N3O4. The molecule has 0 aliphatic heterocycles. The quantitative estimate of drug-likeness (QED) is 0.588. The van der Waals surface area contributed by atoms with Crippen LogP contribution >= 0.6 is 0 Å². The Bertz CT molecular complexity index is 769. The third kappa shape index (κ3) is 5.77. The van der Waals surface area contributed by atoms with Gasteiger partial charge in [-0.3, -0.25) is 9.59 Å². The first-order chi connectivity index (χ1) is 12.8. The number of anilines is 2. The zero-order valence-corrected chi connectivity index (χ0v) is 16.2. The number of aromatic nitrogens is 2. The number of carbonyl (C=O) groups is 2. The second-order valence-corrected chi connectivity index (χ2v) is 6.69. The second-order valence-electron chi connectivity index (χ2n) is 6.69. The van der Waals surface area contributed by atoms with Crippen LogP contribution in [0.1, 0.15) is 44.7 Å². The topological polar surface area (TPSA) is 90.4 Å². The number of nitrogens with zero attached hydrogens (tertiary/aromatic N) is 2. The van der Waals surface area contributed by atoms with Gasteiger partial charge in [0.05, 0.1) is 12.2 Å². The molecule has 144 valence electrons. The predicted molar refractivity (Wildman–Crippen MR) is 102 cm³/mol. The van der Waals surface area contributed by atoms with Crippen molar-refractivity contribution >= 4 is 23.6 Å². The fourth-order valence-corrected chi connectivity index (χ4v) is 2.47. The van der Waals surface area contributed by atoms with Crippen molar-refractivity contribution in [1.82, 2.24) is 9.97 Å². The van der Waals surface area contributed by atoms with Gasteiger partial charge in [0.15, 0.2) is 5.92 Å². The van der Waals surface area contributed by atoms with Crippen molar-refractivity contribution in [2.75, 3.05) is 5.32 Å². The molecule has 1 aromatic heterocycles. The summed E-state index contributed by atoms with van der Waals surface area (Å²) >= 11 is 0. The second kappa shape index (κ2) is 9.12. The first-order valence-electron chi connectivity index (χ1n) is 8.83.